The van der Waals surface area contributed by atoms with E-state index in [4.69, 9.17) is 0 Å². The maximum Gasteiger partial charge on any atom is 0.417 e. The van der Waals surface area contributed by atoms with Crippen molar-refractivity contribution in [2.75, 3.05) is 13.1 Å². The van der Waals surface area contributed by atoms with E-state index in [2.05, 4.69) is 15.6 Å². The SMILES string of the molecule is O=C1NCCNC1c1cccc(-c2cncc(C(F)(F)F)c2)c1. The number of carbonyl (C=O) groups excluding carboxylic acids is 1. The molecule has 1 aliphatic rings. The summed E-state index contributed by atoms with van der Waals surface area (Å²) >= 11 is 0. The van der Waals surface area contributed by atoms with Crippen LogP contribution in [0.2, 0.25) is 0 Å². The number of hydrogen-bond acceptors (Lipinski definition) is 3. The van der Waals surface area contributed by atoms with Gasteiger partial charge in [0.2, 0.25) is 5.91 Å². The van der Waals surface area contributed by atoms with E-state index in [9.17, 15) is 18.0 Å². The third-order valence-electron chi connectivity index (χ3n) is 3.65. The molecule has 3 rings (SSSR count). The van der Waals surface area contributed by atoms with Gasteiger partial charge >= 0.3 is 6.18 Å². The summed E-state index contributed by atoms with van der Waals surface area (Å²) in [6.45, 7) is 1.21. The number of nitrogens with one attached hydrogen (secondary N) is 2. The zero-order valence-electron chi connectivity index (χ0n) is 12.0. The molecule has 0 aliphatic carbocycles. The Morgan fingerprint density at radius 1 is 1.09 bits per heavy atom. The molecule has 1 aliphatic heterocycles. The number of benzene rings is 1. The fourth-order valence-electron chi connectivity index (χ4n) is 2.52. The first-order valence-electron chi connectivity index (χ1n) is 7.09. The molecule has 2 N–H and O–H groups in total. The van der Waals surface area contributed by atoms with Gasteiger partial charge in [-0.15, -0.1) is 0 Å². The highest BCUT2D eigenvalue weighted by molar-refractivity contribution is 5.84. The molecule has 0 bridgehead atoms. The molecule has 1 aromatic carbocycles. The van der Waals surface area contributed by atoms with Gasteiger partial charge in [0, 0.05) is 31.0 Å². The average Bonchev–Trinajstić information content (AvgIpc) is 2.55. The summed E-state index contributed by atoms with van der Waals surface area (Å²) in [5, 5.41) is 5.85. The van der Waals surface area contributed by atoms with Crippen LogP contribution in [0.15, 0.2) is 42.7 Å². The Bertz CT molecular complexity index is 731. The lowest BCUT2D eigenvalue weighted by Gasteiger charge is -2.24. The van der Waals surface area contributed by atoms with E-state index in [0.717, 1.165) is 12.3 Å². The molecule has 1 fully saturated rings. The van der Waals surface area contributed by atoms with Crippen LogP contribution in [0.4, 0.5) is 13.2 Å². The fourth-order valence-corrected chi connectivity index (χ4v) is 2.52. The Morgan fingerprint density at radius 3 is 2.65 bits per heavy atom. The van der Waals surface area contributed by atoms with Crippen molar-refractivity contribution in [2.24, 2.45) is 0 Å². The molecule has 1 saturated heterocycles. The van der Waals surface area contributed by atoms with Crippen LogP contribution in [0, 0.1) is 0 Å². The van der Waals surface area contributed by atoms with Gasteiger partial charge in [0.25, 0.3) is 0 Å². The summed E-state index contributed by atoms with van der Waals surface area (Å²) in [5.74, 6) is -0.143. The first-order chi connectivity index (χ1) is 10.9. The number of aromatic nitrogens is 1. The Kier molecular flexibility index (Phi) is 4.04. The Morgan fingerprint density at radius 2 is 1.91 bits per heavy atom. The van der Waals surface area contributed by atoms with Gasteiger partial charge in [0.15, 0.2) is 0 Å². The molecular formula is C16H14F3N3O. The second-order valence-corrected chi connectivity index (χ2v) is 5.26. The Hall–Kier alpha value is -2.41. The lowest BCUT2D eigenvalue weighted by atomic mass is 9.98. The lowest BCUT2D eigenvalue weighted by molar-refractivity contribution is -0.137. The summed E-state index contributed by atoms with van der Waals surface area (Å²) < 4.78 is 38.4. The average molecular weight is 321 g/mol. The van der Waals surface area contributed by atoms with E-state index in [1.165, 1.54) is 6.20 Å². The number of piperazine rings is 1. The van der Waals surface area contributed by atoms with Gasteiger partial charge in [-0.1, -0.05) is 18.2 Å². The molecule has 1 atom stereocenters. The molecule has 0 spiro atoms. The van der Waals surface area contributed by atoms with Crippen LogP contribution in [0.3, 0.4) is 0 Å². The Labute approximate surface area is 130 Å². The molecule has 2 aromatic rings. The number of nitrogens with zero attached hydrogens (tertiary/aromatic N) is 1. The summed E-state index contributed by atoms with van der Waals surface area (Å²) in [6.07, 6.45) is -2.27. The van der Waals surface area contributed by atoms with E-state index in [-0.39, 0.29) is 5.91 Å². The van der Waals surface area contributed by atoms with Crippen LogP contribution in [-0.4, -0.2) is 24.0 Å². The van der Waals surface area contributed by atoms with Gasteiger partial charge in [-0.05, 0) is 23.3 Å². The number of rotatable bonds is 2. The van der Waals surface area contributed by atoms with Gasteiger partial charge in [-0.3, -0.25) is 9.78 Å². The normalized spacial score (nSPS) is 18.6. The van der Waals surface area contributed by atoms with Crippen molar-refractivity contribution in [3.8, 4) is 11.1 Å². The smallest absolute Gasteiger partial charge is 0.353 e. The zero-order chi connectivity index (χ0) is 16.4. The maximum absolute atomic E-state index is 12.8. The molecular weight excluding hydrogens is 307 g/mol. The van der Waals surface area contributed by atoms with E-state index in [1.54, 1.807) is 24.3 Å². The molecule has 7 heteroatoms. The molecule has 1 unspecified atom stereocenters. The van der Waals surface area contributed by atoms with Gasteiger partial charge in [-0.25, -0.2) is 0 Å². The minimum absolute atomic E-state index is 0.143. The minimum atomic E-state index is -4.44. The monoisotopic (exact) mass is 321 g/mol. The van der Waals surface area contributed by atoms with Crippen molar-refractivity contribution in [1.29, 1.82) is 0 Å². The van der Waals surface area contributed by atoms with Crippen molar-refractivity contribution in [3.63, 3.8) is 0 Å². The second kappa shape index (κ2) is 6.00. The van der Waals surface area contributed by atoms with E-state index < -0.39 is 17.8 Å². The molecule has 120 valence electrons. The summed E-state index contributed by atoms with van der Waals surface area (Å²) in [5.41, 5.74) is 0.852. The first kappa shape index (κ1) is 15.5. The van der Waals surface area contributed by atoms with Crippen LogP contribution in [-0.2, 0) is 11.0 Å². The molecule has 1 amide bonds. The van der Waals surface area contributed by atoms with Crippen LogP contribution < -0.4 is 10.6 Å². The van der Waals surface area contributed by atoms with E-state index in [0.29, 0.717) is 29.8 Å². The van der Waals surface area contributed by atoms with Crippen LogP contribution >= 0.6 is 0 Å². The first-order valence-corrected chi connectivity index (χ1v) is 7.09. The molecule has 0 radical (unpaired) electrons. The maximum atomic E-state index is 12.8. The van der Waals surface area contributed by atoms with Crippen molar-refractivity contribution < 1.29 is 18.0 Å². The van der Waals surface area contributed by atoms with E-state index in [1.807, 2.05) is 0 Å². The number of pyridine rings is 1. The number of hydrogen-bond donors (Lipinski definition) is 2. The van der Waals surface area contributed by atoms with Crippen LogP contribution in [0.5, 0.6) is 0 Å². The predicted molar refractivity (Wildman–Crippen MR) is 78.4 cm³/mol. The van der Waals surface area contributed by atoms with Gasteiger partial charge in [-0.2, -0.15) is 13.2 Å². The number of carbonyl (C=O) groups is 1. The minimum Gasteiger partial charge on any atom is -0.353 e. The third kappa shape index (κ3) is 3.34. The lowest BCUT2D eigenvalue weighted by Crippen LogP contribution is -2.47. The molecule has 23 heavy (non-hydrogen) atoms. The molecule has 2 heterocycles. The Balaban J connectivity index is 1.95. The van der Waals surface area contributed by atoms with Crippen molar-refractivity contribution in [2.45, 2.75) is 12.2 Å². The van der Waals surface area contributed by atoms with Gasteiger partial charge < -0.3 is 10.6 Å². The van der Waals surface area contributed by atoms with Gasteiger partial charge in [0.05, 0.1) is 5.56 Å². The second-order valence-electron chi connectivity index (χ2n) is 5.26. The van der Waals surface area contributed by atoms with Crippen molar-refractivity contribution in [1.82, 2.24) is 15.6 Å². The fraction of sp³-hybridized carbons (Fsp3) is 0.250. The highest BCUT2D eigenvalue weighted by atomic mass is 19.4. The number of alkyl halides is 3. The van der Waals surface area contributed by atoms with Crippen LogP contribution in [0.1, 0.15) is 17.2 Å². The van der Waals surface area contributed by atoms with Crippen molar-refractivity contribution >= 4 is 5.91 Å². The molecule has 1 aromatic heterocycles. The largest absolute Gasteiger partial charge is 0.417 e. The quantitative estimate of drug-likeness (QED) is 0.894. The standard InChI is InChI=1S/C16H14F3N3O/c17-16(18,19)13-7-12(8-20-9-13)10-2-1-3-11(6-10)14-15(23)22-5-4-21-14/h1-3,6-9,14,21H,4-5H2,(H,22,23). The molecule has 4 nitrogen and oxygen atoms in total. The van der Waals surface area contributed by atoms with Gasteiger partial charge in [0.1, 0.15) is 6.04 Å². The highest BCUT2D eigenvalue weighted by Crippen LogP contribution is 2.32. The summed E-state index contributed by atoms with van der Waals surface area (Å²) in [4.78, 5) is 15.6. The molecule has 0 saturated carbocycles. The number of halogens is 3. The summed E-state index contributed by atoms with van der Waals surface area (Å²) in [6, 6.07) is 7.45. The van der Waals surface area contributed by atoms with E-state index >= 15 is 0 Å². The summed E-state index contributed by atoms with van der Waals surface area (Å²) in [7, 11) is 0. The third-order valence-corrected chi connectivity index (χ3v) is 3.65. The topological polar surface area (TPSA) is 54.0 Å². The predicted octanol–water partition coefficient (Wildman–Crippen LogP) is 2.53. The number of amides is 1. The van der Waals surface area contributed by atoms with Crippen molar-refractivity contribution in [3.05, 3.63) is 53.9 Å². The highest BCUT2D eigenvalue weighted by Gasteiger charge is 2.31. The van der Waals surface area contributed by atoms with Crippen LogP contribution in [0.25, 0.3) is 11.1 Å². The zero-order valence-corrected chi connectivity index (χ0v) is 12.0.